The number of nitrogens with two attached hydrogens (primary N) is 1. The van der Waals surface area contributed by atoms with Crippen molar-refractivity contribution in [1.29, 1.82) is 0 Å². The summed E-state index contributed by atoms with van der Waals surface area (Å²) in [5, 5.41) is 20.4. The number of alkyl halides is 6. The summed E-state index contributed by atoms with van der Waals surface area (Å²) < 4.78 is 88.0. The Morgan fingerprint density at radius 2 is 1.50 bits per heavy atom. The summed E-state index contributed by atoms with van der Waals surface area (Å²) in [6.07, 6.45) is -5.59. The van der Waals surface area contributed by atoms with Crippen molar-refractivity contribution in [3.63, 3.8) is 0 Å². The van der Waals surface area contributed by atoms with Crippen LogP contribution in [-0.2, 0) is 11.8 Å². The molecule has 1 aliphatic heterocycles. The molecule has 2 aliphatic rings. The summed E-state index contributed by atoms with van der Waals surface area (Å²) in [6.45, 7) is 0. The van der Waals surface area contributed by atoms with E-state index in [-0.39, 0.29) is 12.1 Å². The summed E-state index contributed by atoms with van der Waals surface area (Å²) in [7, 11) is 0. The van der Waals surface area contributed by atoms with Gasteiger partial charge in [-0.3, -0.25) is 0 Å². The first-order valence-corrected chi connectivity index (χ1v) is 11.1. The van der Waals surface area contributed by atoms with Crippen molar-refractivity contribution < 1.29 is 35.9 Å². The fraction of sp³-hybridized carbons (Fsp3) is 0.667. The minimum absolute atomic E-state index is 0.00326. The smallest absolute Gasteiger partial charge is 0.416 e. The molecule has 34 heavy (non-hydrogen) atoms. The van der Waals surface area contributed by atoms with Crippen LogP contribution in [0.1, 0.15) is 75.7 Å². The van der Waals surface area contributed by atoms with E-state index in [1.807, 2.05) is 0 Å². The summed E-state index contributed by atoms with van der Waals surface area (Å²) in [6, 6.07) is 0.660. The number of nitrogens with zero attached hydrogens (tertiary/aromatic N) is 3. The van der Waals surface area contributed by atoms with E-state index in [2.05, 4.69) is 20.5 Å². The van der Waals surface area contributed by atoms with Gasteiger partial charge in [0.15, 0.2) is 5.69 Å². The molecule has 0 radical (unpaired) electrons. The average molecular weight is 493 g/mol. The molecule has 1 spiro atoms. The normalized spacial score (nSPS) is 23.9. The summed E-state index contributed by atoms with van der Waals surface area (Å²) >= 11 is 0. The van der Waals surface area contributed by atoms with Gasteiger partial charge in [-0.05, 0) is 38.2 Å². The number of hydrogen-bond acceptors (Lipinski definition) is 7. The van der Waals surface area contributed by atoms with Crippen LogP contribution in [0.25, 0.3) is 11.6 Å². The van der Waals surface area contributed by atoms with Crippen LogP contribution in [0.5, 0.6) is 0 Å². The topological polar surface area (TPSA) is 110 Å². The molecule has 2 aromatic rings. The molecular weight excluding hydrogens is 468 g/mol. The zero-order chi connectivity index (χ0) is 24.8. The van der Waals surface area contributed by atoms with E-state index in [0.717, 1.165) is 19.3 Å². The molecule has 1 atom stereocenters. The van der Waals surface area contributed by atoms with Crippen LogP contribution < -0.4 is 11.1 Å². The van der Waals surface area contributed by atoms with Crippen LogP contribution in [-0.4, -0.2) is 32.0 Å². The van der Waals surface area contributed by atoms with E-state index in [1.54, 1.807) is 0 Å². The molecule has 1 saturated carbocycles. The van der Waals surface area contributed by atoms with Crippen molar-refractivity contribution in [1.82, 2.24) is 15.2 Å². The quantitative estimate of drug-likeness (QED) is 0.412. The molecule has 13 heteroatoms. The molecule has 0 aromatic carbocycles. The van der Waals surface area contributed by atoms with Gasteiger partial charge in [-0.1, -0.05) is 32.1 Å². The molecule has 1 aliphatic carbocycles. The van der Waals surface area contributed by atoms with Gasteiger partial charge >= 0.3 is 12.4 Å². The maximum atomic E-state index is 13.8. The molecule has 0 unspecified atom stereocenters. The molecule has 7 nitrogen and oxygen atoms in total. The second-order valence-electron chi connectivity index (χ2n) is 9.12. The third-order valence-electron chi connectivity index (χ3n) is 6.70. The average Bonchev–Trinajstić information content (AvgIpc) is 3.23. The molecule has 3 heterocycles. The number of aliphatic hydroxyl groups is 1. The van der Waals surface area contributed by atoms with Gasteiger partial charge in [0.2, 0.25) is 5.60 Å². The Morgan fingerprint density at radius 3 is 2.06 bits per heavy atom. The molecule has 0 amide bonds. The van der Waals surface area contributed by atoms with E-state index >= 15 is 0 Å². The lowest BCUT2D eigenvalue weighted by atomic mass is 9.77. The highest BCUT2D eigenvalue weighted by atomic mass is 19.4. The van der Waals surface area contributed by atoms with Gasteiger partial charge in [-0.15, -0.1) is 10.2 Å². The van der Waals surface area contributed by atoms with E-state index in [4.69, 9.17) is 10.2 Å². The fourth-order valence-corrected chi connectivity index (χ4v) is 4.81. The first-order valence-electron chi connectivity index (χ1n) is 11.1. The van der Waals surface area contributed by atoms with Gasteiger partial charge in [0.05, 0.1) is 11.3 Å². The van der Waals surface area contributed by atoms with Gasteiger partial charge in [0.1, 0.15) is 5.82 Å². The van der Waals surface area contributed by atoms with Crippen LogP contribution in [0, 0.1) is 0 Å². The first-order chi connectivity index (χ1) is 15.8. The lowest BCUT2D eigenvalue weighted by molar-refractivity contribution is -0.277. The Bertz CT molecular complexity index is 1030. The molecular formula is C21H25F6N5O2. The van der Waals surface area contributed by atoms with E-state index < -0.39 is 58.8 Å². The minimum Gasteiger partial charge on any atom is -0.416 e. The zero-order valence-corrected chi connectivity index (χ0v) is 18.2. The number of fused-ring (bicyclic) bond motifs is 5. The van der Waals surface area contributed by atoms with Gasteiger partial charge in [-0.25, -0.2) is 4.98 Å². The molecule has 1 fully saturated rings. The number of nitrogens with one attached hydrogen (secondary N) is 1. The molecule has 4 bridgehead atoms. The molecule has 0 saturated heterocycles. The predicted molar refractivity (Wildman–Crippen MR) is 109 cm³/mol. The van der Waals surface area contributed by atoms with Crippen molar-refractivity contribution in [2.24, 2.45) is 0 Å². The number of anilines is 2. The second-order valence-corrected chi connectivity index (χ2v) is 9.12. The summed E-state index contributed by atoms with van der Waals surface area (Å²) in [4.78, 5) is 4.02. The van der Waals surface area contributed by atoms with Crippen molar-refractivity contribution in [2.45, 2.75) is 87.7 Å². The van der Waals surface area contributed by atoms with E-state index in [1.165, 1.54) is 0 Å². The lowest BCUT2D eigenvalue weighted by Gasteiger charge is -2.39. The minimum atomic E-state index is -5.11. The first kappa shape index (κ1) is 24.6. The summed E-state index contributed by atoms with van der Waals surface area (Å²) in [5.41, 5.74) is -0.264. The Balaban J connectivity index is 1.87. The molecule has 2 aromatic heterocycles. The van der Waals surface area contributed by atoms with Crippen LogP contribution in [0.2, 0.25) is 0 Å². The van der Waals surface area contributed by atoms with Crippen molar-refractivity contribution in [3.8, 4) is 11.6 Å². The highest BCUT2D eigenvalue weighted by Gasteiger charge is 2.58. The standard InChI is InChI=1S/C21H25F6N5O2/c22-20(23,24)12-11-13(28)14-16-31-32-17(34-16)19(33,21(25,26)27)10-6-2-5-9-18(30-15(12)29-14)7-3-1-4-8-18/h11,33H,1-10,28H2,(H,29,30)/t19-/m1/s1. The largest absolute Gasteiger partial charge is 0.426 e. The van der Waals surface area contributed by atoms with Crippen molar-refractivity contribution >= 4 is 11.5 Å². The molecule has 4 N–H and O–H groups in total. The van der Waals surface area contributed by atoms with Gasteiger partial charge in [-0.2, -0.15) is 26.3 Å². The SMILES string of the molecule is Nc1cc(C(F)(F)F)c2nc1-c1nnc(o1)[C@@](O)(C(F)(F)F)CCCCCC1(CCCCC1)N2. The van der Waals surface area contributed by atoms with E-state index in [9.17, 15) is 31.4 Å². The zero-order valence-electron chi connectivity index (χ0n) is 18.2. The third-order valence-corrected chi connectivity index (χ3v) is 6.70. The number of pyridine rings is 1. The maximum Gasteiger partial charge on any atom is 0.426 e. The second kappa shape index (κ2) is 8.58. The van der Waals surface area contributed by atoms with Gasteiger partial charge in [0, 0.05) is 5.54 Å². The van der Waals surface area contributed by atoms with Gasteiger partial charge in [0.25, 0.3) is 11.8 Å². The number of rotatable bonds is 0. The van der Waals surface area contributed by atoms with Crippen molar-refractivity contribution in [3.05, 3.63) is 17.5 Å². The van der Waals surface area contributed by atoms with Crippen LogP contribution in [0.3, 0.4) is 0 Å². The Morgan fingerprint density at radius 1 is 0.912 bits per heavy atom. The number of hydrogen-bond donors (Lipinski definition) is 3. The lowest BCUT2D eigenvalue weighted by Crippen LogP contribution is -2.43. The Labute approximate surface area is 191 Å². The van der Waals surface area contributed by atoms with Gasteiger partial charge < -0.3 is 20.6 Å². The highest BCUT2D eigenvalue weighted by Crippen LogP contribution is 2.45. The highest BCUT2D eigenvalue weighted by molar-refractivity contribution is 5.71. The number of nitrogen functional groups attached to an aromatic ring is 1. The molecule has 4 rings (SSSR count). The van der Waals surface area contributed by atoms with Crippen LogP contribution in [0.4, 0.5) is 37.8 Å². The van der Waals surface area contributed by atoms with E-state index in [0.29, 0.717) is 38.2 Å². The summed E-state index contributed by atoms with van der Waals surface area (Å²) in [5.74, 6) is -2.20. The predicted octanol–water partition coefficient (Wildman–Crippen LogP) is 5.56. The fourth-order valence-electron chi connectivity index (χ4n) is 4.81. The number of halogens is 6. The third kappa shape index (κ3) is 4.53. The Kier molecular flexibility index (Phi) is 6.19. The molecule has 188 valence electrons. The van der Waals surface area contributed by atoms with Crippen molar-refractivity contribution in [2.75, 3.05) is 11.1 Å². The Hall–Kier alpha value is -2.57. The number of aromatic nitrogens is 3. The monoisotopic (exact) mass is 493 g/mol. The maximum absolute atomic E-state index is 13.8. The van der Waals surface area contributed by atoms with Crippen LogP contribution in [0.15, 0.2) is 10.5 Å². The van der Waals surface area contributed by atoms with Crippen LogP contribution >= 0.6 is 0 Å².